The van der Waals surface area contributed by atoms with E-state index >= 15 is 0 Å². The van der Waals surface area contributed by atoms with Crippen LogP contribution in [0.25, 0.3) is 0 Å². The van der Waals surface area contributed by atoms with Gasteiger partial charge in [0.1, 0.15) is 5.82 Å². The van der Waals surface area contributed by atoms with E-state index in [1.165, 1.54) is 12.1 Å². The van der Waals surface area contributed by atoms with Gasteiger partial charge in [0.25, 0.3) is 0 Å². The van der Waals surface area contributed by atoms with Crippen molar-refractivity contribution in [2.45, 2.75) is 32.5 Å². The molecule has 25 heavy (non-hydrogen) atoms. The molecule has 3 nitrogen and oxygen atoms in total. The van der Waals surface area contributed by atoms with E-state index in [2.05, 4.69) is 5.32 Å². The monoisotopic (exact) mass is 382 g/mol. The fourth-order valence-electron chi connectivity index (χ4n) is 2.71. The van der Waals surface area contributed by atoms with E-state index in [1.807, 2.05) is 13.0 Å². The largest absolute Gasteiger partial charge is 0.340 e. The molecule has 0 bridgehead atoms. The van der Waals surface area contributed by atoms with E-state index in [0.717, 1.165) is 11.1 Å². The van der Waals surface area contributed by atoms with Gasteiger partial charge >= 0.3 is 0 Å². The van der Waals surface area contributed by atoms with Gasteiger partial charge in [0, 0.05) is 29.7 Å². The zero-order valence-corrected chi connectivity index (χ0v) is 15.9. The summed E-state index contributed by atoms with van der Waals surface area (Å²) in [6.45, 7) is 4.08. The van der Waals surface area contributed by atoms with Crippen molar-refractivity contribution in [1.29, 1.82) is 0 Å². The minimum atomic E-state index is -0.416. The Morgan fingerprint density at radius 3 is 2.56 bits per heavy atom. The molecule has 0 heterocycles. The van der Waals surface area contributed by atoms with Crippen LogP contribution in [0.2, 0.25) is 10.0 Å². The van der Waals surface area contributed by atoms with Crippen LogP contribution in [-0.4, -0.2) is 23.9 Å². The van der Waals surface area contributed by atoms with Crippen molar-refractivity contribution in [1.82, 2.24) is 10.2 Å². The van der Waals surface area contributed by atoms with E-state index in [1.54, 1.807) is 43.1 Å². The average Bonchev–Trinajstić information content (AvgIpc) is 2.53. The number of carbonyl (C=O) groups excluding carboxylic acids is 1. The highest BCUT2D eigenvalue weighted by Gasteiger charge is 2.21. The van der Waals surface area contributed by atoms with Gasteiger partial charge in [-0.2, -0.15) is 0 Å². The van der Waals surface area contributed by atoms with Crippen molar-refractivity contribution in [2.24, 2.45) is 0 Å². The number of carbonyl (C=O) groups is 1. The maximum atomic E-state index is 13.3. The average molecular weight is 383 g/mol. The lowest BCUT2D eigenvalue weighted by atomic mass is 10.1. The molecule has 0 saturated heterocycles. The molecule has 0 aliphatic carbocycles. The summed E-state index contributed by atoms with van der Waals surface area (Å²) in [5.41, 5.74) is 1.62. The first-order valence-electron chi connectivity index (χ1n) is 7.98. The topological polar surface area (TPSA) is 32.3 Å². The minimum absolute atomic E-state index is 0.0822. The summed E-state index contributed by atoms with van der Waals surface area (Å²) >= 11 is 12.1. The van der Waals surface area contributed by atoms with E-state index in [4.69, 9.17) is 23.2 Å². The number of halogens is 3. The predicted octanol–water partition coefficient (Wildman–Crippen LogP) is 4.83. The van der Waals surface area contributed by atoms with Crippen LogP contribution >= 0.6 is 23.2 Å². The lowest BCUT2D eigenvalue weighted by Gasteiger charge is -2.25. The van der Waals surface area contributed by atoms with Crippen LogP contribution < -0.4 is 5.32 Å². The third kappa shape index (κ3) is 5.43. The Labute approximate surface area is 157 Å². The van der Waals surface area contributed by atoms with Crippen LogP contribution in [0.4, 0.5) is 4.39 Å². The van der Waals surface area contributed by atoms with Crippen molar-refractivity contribution in [2.75, 3.05) is 7.05 Å². The molecule has 2 rings (SSSR count). The summed E-state index contributed by atoms with van der Waals surface area (Å²) in [6, 6.07) is 11.0. The van der Waals surface area contributed by atoms with Crippen LogP contribution in [0.15, 0.2) is 42.5 Å². The van der Waals surface area contributed by atoms with Gasteiger partial charge in [-0.1, -0.05) is 41.4 Å². The molecular formula is C19H21Cl2FN2O. The first kappa shape index (κ1) is 19.7. The highest BCUT2D eigenvalue weighted by Crippen LogP contribution is 2.26. The van der Waals surface area contributed by atoms with Gasteiger partial charge in [-0.05, 0) is 49.2 Å². The smallest absolute Gasteiger partial charge is 0.239 e. The molecule has 0 saturated carbocycles. The summed E-state index contributed by atoms with van der Waals surface area (Å²) in [4.78, 5) is 14.1. The Bertz CT molecular complexity index is 754. The summed E-state index contributed by atoms with van der Waals surface area (Å²) < 4.78 is 13.3. The number of benzene rings is 2. The van der Waals surface area contributed by atoms with Gasteiger partial charge < -0.3 is 4.90 Å². The molecule has 1 N–H and O–H groups in total. The molecule has 134 valence electrons. The second-order valence-corrected chi connectivity index (χ2v) is 6.94. The molecule has 0 aliphatic heterocycles. The Kier molecular flexibility index (Phi) is 6.82. The standard InChI is InChI=1S/C19H21Cl2FN2O/c1-12(17-8-7-15(20)10-18(17)21)23-13(2)19(25)24(3)11-14-5-4-6-16(22)9-14/h4-10,12-13,23H,11H2,1-3H3. The van der Waals surface area contributed by atoms with E-state index < -0.39 is 6.04 Å². The highest BCUT2D eigenvalue weighted by atomic mass is 35.5. The maximum absolute atomic E-state index is 13.3. The molecule has 0 radical (unpaired) electrons. The summed E-state index contributed by atoms with van der Waals surface area (Å²) in [5, 5.41) is 4.37. The fourth-order valence-corrected chi connectivity index (χ4v) is 3.28. The van der Waals surface area contributed by atoms with Gasteiger partial charge in [-0.25, -0.2) is 4.39 Å². The Balaban J connectivity index is 1.99. The lowest BCUT2D eigenvalue weighted by Crippen LogP contribution is -2.43. The molecule has 6 heteroatoms. The van der Waals surface area contributed by atoms with Crippen molar-refractivity contribution in [3.63, 3.8) is 0 Å². The summed E-state index contributed by atoms with van der Waals surface area (Å²) in [7, 11) is 1.70. The molecule has 2 aromatic rings. The van der Waals surface area contributed by atoms with E-state index in [-0.39, 0.29) is 17.8 Å². The Morgan fingerprint density at radius 1 is 1.20 bits per heavy atom. The Hall–Kier alpha value is -1.62. The van der Waals surface area contributed by atoms with Crippen LogP contribution in [0, 0.1) is 5.82 Å². The molecule has 1 amide bonds. The number of rotatable bonds is 6. The molecule has 0 aliphatic rings. The highest BCUT2D eigenvalue weighted by molar-refractivity contribution is 6.35. The first-order valence-corrected chi connectivity index (χ1v) is 8.74. The second kappa shape index (κ2) is 8.65. The Morgan fingerprint density at radius 2 is 1.92 bits per heavy atom. The zero-order valence-electron chi connectivity index (χ0n) is 14.4. The van der Waals surface area contributed by atoms with Crippen LogP contribution in [0.5, 0.6) is 0 Å². The van der Waals surface area contributed by atoms with Crippen LogP contribution in [0.1, 0.15) is 31.0 Å². The third-order valence-corrected chi connectivity index (χ3v) is 4.55. The van der Waals surface area contributed by atoms with Gasteiger partial charge in [-0.3, -0.25) is 10.1 Å². The lowest BCUT2D eigenvalue weighted by molar-refractivity contribution is -0.132. The first-order chi connectivity index (χ1) is 11.8. The SMILES string of the molecule is CC(NC(C)c1ccc(Cl)cc1Cl)C(=O)N(C)Cc1cccc(F)c1. The molecule has 0 spiro atoms. The molecule has 2 aromatic carbocycles. The summed E-state index contributed by atoms with van der Waals surface area (Å²) in [5.74, 6) is -0.392. The number of likely N-dealkylation sites (N-methyl/N-ethyl adjacent to an activating group) is 1. The number of hydrogen-bond donors (Lipinski definition) is 1. The van der Waals surface area contributed by atoms with Gasteiger partial charge in [-0.15, -0.1) is 0 Å². The molecule has 2 atom stereocenters. The van der Waals surface area contributed by atoms with E-state index in [9.17, 15) is 9.18 Å². The van der Waals surface area contributed by atoms with Crippen molar-refractivity contribution < 1.29 is 9.18 Å². The second-order valence-electron chi connectivity index (χ2n) is 6.10. The van der Waals surface area contributed by atoms with Crippen molar-refractivity contribution >= 4 is 29.1 Å². The number of nitrogens with zero attached hydrogens (tertiary/aromatic N) is 1. The zero-order chi connectivity index (χ0) is 18.6. The normalized spacial score (nSPS) is 13.4. The molecule has 0 fully saturated rings. The van der Waals surface area contributed by atoms with Gasteiger partial charge in [0.2, 0.25) is 5.91 Å². The van der Waals surface area contributed by atoms with Gasteiger partial charge in [0.15, 0.2) is 0 Å². The minimum Gasteiger partial charge on any atom is -0.340 e. The third-order valence-electron chi connectivity index (χ3n) is 3.98. The predicted molar refractivity (Wildman–Crippen MR) is 100 cm³/mol. The van der Waals surface area contributed by atoms with Crippen molar-refractivity contribution in [3.05, 3.63) is 69.5 Å². The number of nitrogens with one attached hydrogen (secondary N) is 1. The fraction of sp³-hybridized carbons (Fsp3) is 0.316. The summed E-state index contributed by atoms with van der Waals surface area (Å²) in [6.07, 6.45) is 0. The maximum Gasteiger partial charge on any atom is 0.239 e. The van der Waals surface area contributed by atoms with E-state index in [0.29, 0.717) is 16.6 Å². The molecular weight excluding hydrogens is 362 g/mol. The number of amides is 1. The number of hydrogen-bond acceptors (Lipinski definition) is 2. The molecule has 0 aromatic heterocycles. The molecule has 2 unspecified atom stereocenters. The van der Waals surface area contributed by atoms with Crippen molar-refractivity contribution in [3.8, 4) is 0 Å². The van der Waals surface area contributed by atoms with Gasteiger partial charge in [0.05, 0.1) is 6.04 Å². The quantitative estimate of drug-likeness (QED) is 0.775. The van der Waals surface area contributed by atoms with Crippen LogP contribution in [-0.2, 0) is 11.3 Å². The van der Waals surface area contributed by atoms with Crippen LogP contribution in [0.3, 0.4) is 0 Å².